The van der Waals surface area contributed by atoms with Crippen molar-refractivity contribution in [3.05, 3.63) is 34.6 Å². The Labute approximate surface area is 132 Å². The largest absolute Gasteiger partial charge is 0.463 e. The average molecular weight is 316 g/mol. The van der Waals surface area contributed by atoms with Gasteiger partial charge in [-0.1, -0.05) is 6.92 Å². The van der Waals surface area contributed by atoms with E-state index in [0.29, 0.717) is 16.9 Å². The molecule has 7 nitrogen and oxygen atoms in total. The van der Waals surface area contributed by atoms with E-state index in [9.17, 15) is 9.59 Å². The Morgan fingerprint density at radius 3 is 2.83 bits per heavy atom. The van der Waals surface area contributed by atoms with Gasteiger partial charge in [0.05, 0.1) is 11.8 Å². The molecule has 7 heteroatoms. The Morgan fingerprint density at radius 1 is 1.39 bits per heavy atom. The number of carbonyl (C=O) groups excluding carboxylic acids is 1. The number of nitrogens with zero attached hydrogens (tertiary/aromatic N) is 3. The van der Waals surface area contributed by atoms with Crippen molar-refractivity contribution in [2.45, 2.75) is 46.2 Å². The molecular weight excluding hydrogens is 296 g/mol. The molecule has 0 spiro atoms. The van der Waals surface area contributed by atoms with Gasteiger partial charge in [0.25, 0.3) is 5.56 Å². The first kappa shape index (κ1) is 15.3. The summed E-state index contributed by atoms with van der Waals surface area (Å²) < 4.78 is 8.34. The molecule has 2 unspecified atom stereocenters. The van der Waals surface area contributed by atoms with Crippen LogP contribution in [0, 0.1) is 6.92 Å². The van der Waals surface area contributed by atoms with Crippen molar-refractivity contribution in [3.63, 3.8) is 0 Å². The molecular formula is C16H20N4O3. The summed E-state index contributed by atoms with van der Waals surface area (Å²) in [6.45, 7) is 7.40. The molecule has 0 bridgehead atoms. The van der Waals surface area contributed by atoms with E-state index in [1.807, 2.05) is 13.8 Å². The van der Waals surface area contributed by atoms with Crippen molar-refractivity contribution in [2.24, 2.45) is 0 Å². The maximum absolute atomic E-state index is 12.7. The highest BCUT2D eigenvalue weighted by Gasteiger charge is 2.22. The molecule has 1 amide bonds. The van der Waals surface area contributed by atoms with E-state index in [0.717, 1.165) is 11.9 Å². The normalized spacial score (nSPS) is 14.3. The van der Waals surface area contributed by atoms with Crippen molar-refractivity contribution < 1.29 is 9.21 Å². The molecule has 3 aromatic rings. The number of hydrogen-bond donors (Lipinski definition) is 1. The van der Waals surface area contributed by atoms with Crippen LogP contribution in [-0.2, 0) is 4.79 Å². The first-order valence-corrected chi connectivity index (χ1v) is 7.72. The van der Waals surface area contributed by atoms with Crippen LogP contribution in [0.4, 0.5) is 0 Å². The fourth-order valence-corrected chi connectivity index (χ4v) is 2.63. The summed E-state index contributed by atoms with van der Waals surface area (Å²) in [7, 11) is 0. The number of hydrogen-bond acceptors (Lipinski definition) is 4. The molecule has 0 aliphatic heterocycles. The molecule has 0 aliphatic rings. The SMILES string of the molecule is CCC(C)NC(=O)C(C)n1nc(C)n2c(cc3occc32)c1=O. The van der Waals surface area contributed by atoms with Crippen molar-refractivity contribution in [1.29, 1.82) is 0 Å². The monoisotopic (exact) mass is 316 g/mol. The number of furan rings is 1. The van der Waals surface area contributed by atoms with Gasteiger partial charge in [-0.2, -0.15) is 5.10 Å². The topological polar surface area (TPSA) is 81.5 Å². The van der Waals surface area contributed by atoms with E-state index in [2.05, 4.69) is 10.4 Å². The minimum atomic E-state index is -0.679. The quantitative estimate of drug-likeness (QED) is 0.798. The molecule has 2 atom stereocenters. The number of fused-ring (bicyclic) bond motifs is 3. The highest BCUT2D eigenvalue weighted by Crippen LogP contribution is 2.20. The summed E-state index contributed by atoms with van der Waals surface area (Å²) in [5.41, 5.74) is 1.57. The lowest BCUT2D eigenvalue weighted by atomic mass is 10.2. The van der Waals surface area contributed by atoms with E-state index >= 15 is 0 Å². The summed E-state index contributed by atoms with van der Waals surface area (Å²) in [4.78, 5) is 25.0. The molecule has 0 aliphatic carbocycles. The lowest BCUT2D eigenvalue weighted by molar-refractivity contribution is -0.124. The summed E-state index contributed by atoms with van der Waals surface area (Å²) in [5, 5.41) is 7.20. The first-order valence-electron chi connectivity index (χ1n) is 7.72. The Kier molecular flexibility index (Phi) is 3.71. The molecule has 0 saturated carbocycles. The number of rotatable bonds is 4. The van der Waals surface area contributed by atoms with Crippen LogP contribution in [0.5, 0.6) is 0 Å². The Bertz CT molecular complexity index is 934. The lowest BCUT2D eigenvalue weighted by Crippen LogP contribution is -2.41. The van der Waals surface area contributed by atoms with Gasteiger partial charge in [0, 0.05) is 18.2 Å². The zero-order chi connectivity index (χ0) is 16.7. The van der Waals surface area contributed by atoms with Crippen LogP contribution >= 0.6 is 0 Å². The fourth-order valence-electron chi connectivity index (χ4n) is 2.63. The summed E-state index contributed by atoms with van der Waals surface area (Å²) >= 11 is 0. The predicted octanol–water partition coefficient (Wildman–Crippen LogP) is 2.03. The fraction of sp³-hybridized carbons (Fsp3) is 0.438. The van der Waals surface area contributed by atoms with Crippen LogP contribution in [0.3, 0.4) is 0 Å². The van der Waals surface area contributed by atoms with Gasteiger partial charge in [0.2, 0.25) is 5.91 Å². The van der Waals surface area contributed by atoms with Gasteiger partial charge in [-0.05, 0) is 27.2 Å². The molecule has 0 fully saturated rings. The molecule has 3 aromatic heterocycles. The maximum Gasteiger partial charge on any atom is 0.291 e. The summed E-state index contributed by atoms with van der Waals surface area (Å²) in [6.07, 6.45) is 2.40. The standard InChI is InChI=1S/C16H20N4O3/c1-5-9(2)17-15(21)10(3)20-16(22)13-8-14-12(6-7-23-14)19(13)11(4)18-20/h6-10H,5H2,1-4H3,(H,17,21). The highest BCUT2D eigenvalue weighted by molar-refractivity contribution is 5.83. The molecule has 3 rings (SSSR count). The van der Waals surface area contributed by atoms with Crippen molar-refractivity contribution in [2.75, 3.05) is 0 Å². The van der Waals surface area contributed by atoms with E-state index < -0.39 is 6.04 Å². The van der Waals surface area contributed by atoms with Crippen LogP contribution in [0.1, 0.15) is 39.1 Å². The third-order valence-electron chi connectivity index (χ3n) is 4.17. The maximum atomic E-state index is 12.7. The Balaban J connectivity index is 2.10. The first-order chi connectivity index (χ1) is 10.9. The number of amides is 1. The average Bonchev–Trinajstić information content (AvgIpc) is 3.10. The van der Waals surface area contributed by atoms with Gasteiger partial charge in [-0.25, -0.2) is 4.68 Å². The van der Waals surface area contributed by atoms with Gasteiger partial charge >= 0.3 is 0 Å². The minimum absolute atomic E-state index is 0.0566. The summed E-state index contributed by atoms with van der Waals surface area (Å²) in [5.74, 6) is 0.409. The van der Waals surface area contributed by atoms with Gasteiger partial charge in [0.15, 0.2) is 5.58 Å². The zero-order valence-corrected chi connectivity index (χ0v) is 13.7. The molecule has 0 radical (unpaired) electrons. The predicted molar refractivity (Wildman–Crippen MR) is 86.6 cm³/mol. The number of nitrogens with one attached hydrogen (secondary N) is 1. The van der Waals surface area contributed by atoms with Crippen LogP contribution in [0.25, 0.3) is 16.6 Å². The van der Waals surface area contributed by atoms with Crippen molar-refractivity contribution in [1.82, 2.24) is 19.5 Å². The molecule has 23 heavy (non-hydrogen) atoms. The molecule has 122 valence electrons. The van der Waals surface area contributed by atoms with E-state index in [-0.39, 0.29) is 17.5 Å². The van der Waals surface area contributed by atoms with E-state index in [4.69, 9.17) is 4.42 Å². The van der Waals surface area contributed by atoms with Crippen LogP contribution in [-0.4, -0.2) is 26.1 Å². The second-order valence-electron chi connectivity index (χ2n) is 5.83. The third-order valence-corrected chi connectivity index (χ3v) is 4.17. The lowest BCUT2D eigenvalue weighted by Gasteiger charge is -2.18. The van der Waals surface area contributed by atoms with Crippen LogP contribution in [0.2, 0.25) is 0 Å². The molecule has 3 heterocycles. The number of carbonyl (C=O) groups is 1. The smallest absolute Gasteiger partial charge is 0.291 e. The van der Waals surface area contributed by atoms with E-state index in [1.165, 1.54) is 4.68 Å². The minimum Gasteiger partial charge on any atom is -0.463 e. The van der Waals surface area contributed by atoms with Gasteiger partial charge < -0.3 is 9.73 Å². The number of aryl methyl sites for hydroxylation is 1. The number of aromatic nitrogens is 3. The van der Waals surface area contributed by atoms with Crippen LogP contribution < -0.4 is 10.9 Å². The van der Waals surface area contributed by atoms with Gasteiger partial charge in [-0.3, -0.25) is 14.0 Å². The highest BCUT2D eigenvalue weighted by atomic mass is 16.3. The van der Waals surface area contributed by atoms with Crippen LogP contribution in [0.15, 0.2) is 27.6 Å². The molecule has 1 N–H and O–H groups in total. The Hall–Kier alpha value is -2.57. The van der Waals surface area contributed by atoms with Crippen molar-refractivity contribution in [3.8, 4) is 0 Å². The third kappa shape index (κ3) is 2.42. The van der Waals surface area contributed by atoms with E-state index in [1.54, 1.807) is 36.6 Å². The second-order valence-corrected chi connectivity index (χ2v) is 5.83. The molecule has 0 saturated heterocycles. The summed E-state index contributed by atoms with van der Waals surface area (Å²) in [6, 6.07) is 2.85. The zero-order valence-electron chi connectivity index (χ0n) is 13.7. The second kappa shape index (κ2) is 5.57. The molecule has 0 aromatic carbocycles. The van der Waals surface area contributed by atoms with Gasteiger partial charge in [-0.15, -0.1) is 0 Å². The van der Waals surface area contributed by atoms with Crippen molar-refractivity contribution >= 4 is 22.5 Å². The Morgan fingerprint density at radius 2 is 2.13 bits per heavy atom. The van der Waals surface area contributed by atoms with Gasteiger partial charge in [0.1, 0.15) is 17.4 Å².